The van der Waals surface area contributed by atoms with Crippen LogP contribution in [0.1, 0.15) is 39.2 Å². The third-order valence-corrected chi connectivity index (χ3v) is 6.65. The number of ether oxygens (including phenoxy) is 2. The molecule has 0 radical (unpaired) electrons. The highest BCUT2D eigenvalue weighted by Crippen LogP contribution is 2.34. The standard InChI is InChI=1S/C26H33BrN6O5/c1-26(2,3)38-25(36)28-8-5-23(35)29-17-6-9-32(13-17)22-7-10-33-14-20(30-24(33)31-22)18-12-19(27)21(37-4)11-16(18)15-34/h7,10-12,14,17,34H,5-6,8-9,13,15H2,1-4H3,(H,28,36)(H,29,35). The molecule has 204 valence electrons. The van der Waals surface area contributed by atoms with Gasteiger partial charge in [-0.25, -0.2) is 9.78 Å². The molecule has 12 heteroatoms. The molecule has 0 bridgehead atoms. The van der Waals surface area contributed by atoms with Crippen LogP contribution in [-0.2, 0) is 16.1 Å². The van der Waals surface area contributed by atoms with E-state index in [1.54, 1.807) is 33.9 Å². The first-order chi connectivity index (χ1) is 18.1. The molecule has 1 atom stereocenters. The minimum absolute atomic E-state index is 0.0129. The van der Waals surface area contributed by atoms with Gasteiger partial charge in [-0.1, -0.05) is 0 Å². The smallest absolute Gasteiger partial charge is 0.407 e. The van der Waals surface area contributed by atoms with Gasteiger partial charge in [0.15, 0.2) is 0 Å². The molecule has 3 heterocycles. The minimum Gasteiger partial charge on any atom is -0.496 e. The molecule has 0 aliphatic carbocycles. The molecule has 2 amide bonds. The van der Waals surface area contributed by atoms with Gasteiger partial charge in [-0.05, 0) is 66.9 Å². The van der Waals surface area contributed by atoms with E-state index < -0.39 is 11.7 Å². The Morgan fingerprint density at radius 2 is 2.05 bits per heavy atom. The predicted molar refractivity (Wildman–Crippen MR) is 146 cm³/mol. The van der Waals surface area contributed by atoms with Crippen LogP contribution in [0, 0.1) is 0 Å². The van der Waals surface area contributed by atoms with Crippen molar-refractivity contribution in [2.24, 2.45) is 0 Å². The van der Waals surface area contributed by atoms with Gasteiger partial charge in [0.2, 0.25) is 11.7 Å². The summed E-state index contributed by atoms with van der Waals surface area (Å²) in [6.07, 6.45) is 4.21. The summed E-state index contributed by atoms with van der Waals surface area (Å²) >= 11 is 3.50. The highest BCUT2D eigenvalue weighted by molar-refractivity contribution is 9.10. The molecule has 3 aromatic rings. The van der Waals surface area contributed by atoms with Gasteiger partial charge in [-0.15, -0.1) is 0 Å². The number of carbonyl (C=O) groups excluding carboxylic acids is 2. The Morgan fingerprint density at radius 1 is 1.26 bits per heavy atom. The SMILES string of the molecule is COc1cc(CO)c(-c2cn3ccc(N4CCC(NC(=O)CCNC(=O)OC(C)(C)C)C4)nc3n2)cc1Br. The Kier molecular flexibility index (Phi) is 8.41. The Labute approximate surface area is 229 Å². The first-order valence-electron chi connectivity index (χ1n) is 12.4. The van der Waals surface area contributed by atoms with Crippen molar-refractivity contribution in [2.45, 2.75) is 51.9 Å². The van der Waals surface area contributed by atoms with Crippen LogP contribution in [0.25, 0.3) is 17.0 Å². The molecule has 1 aromatic carbocycles. The molecule has 1 fully saturated rings. The van der Waals surface area contributed by atoms with Gasteiger partial charge in [-0.3, -0.25) is 9.20 Å². The maximum atomic E-state index is 12.4. The Morgan fingerprint density at radius 3 is 2.76 bits per heavy atom. The number of amides is 2. The summed E-state index contributed by atoms with van der Waals surface area (Å²) in [4.78, 5) is 35.6. The number of anilines is 1. The van der Waals surface area contributed by atoms with E-state index >= 15 is 0 Å². The molecule has 1 aliphatic heterocycles. The van der Waals surface area contributed by atoms with Gasteiger partial charge in [0.05, 0.1) is 23.9 Å². The van der Waals surface area contributed by atoms with Crippen molar-refractivity contribution in [1.82, 2.24) is 25.0 Å². The Bertz CT molecular complexity index is 1320. The summed E-state index contributed by atoms with van der Waals surface area (Å²) in [5.41, 5.74) is 1.60. The van der Waals surface area contributed by atoms with E-state index in [0.717, 1.165) is 28.8 Å². The number of nitrogens with zero attached hydrogens (tertiary/aromatic N) is 4. The van der Waals surface area contributed by atoms with Gasteiger partial charge >= 0.3 is 6.09 Å². The van der Waals surface area contributed by atoms with Crippen LogP contribution in [0.15, 0.2) is 35.1 Å². The lowest BCUT2D eigenvalue weighted by atomic mass is 10.1. The van der Waals surface area contributed by atoms with Crippen molar-refractivity contribution in [3.05, 3.63) is 40.6 Å². The largest absolute Gasteiger partial charge is 0.496 e. The number of halogens is 1. The summed E-state index contributed by atoms with van der Waals surface area (Å²) in [6.45, 7) is 6.80. The zero-order chi connectivity index (χ0) is 27.4. The fourth-order valence-electron chi connectivity index (χ4n) is 4.27. The molecule has 11 nitrogen and oxygen atoms in total. The minimum atomic E-state index is -0.580. The van der Waals surface area contributed by atoms with Gasteiger partial charge in [0, 0.05) is 50.1 Å². The van der Waals surface area contributed by atoms with E-state index in [9.17, 15) is 14.7 Å². The van der Waals surface area contributed by atoms with Crippen LogP contribution in [-0.4, -0.2) is 69.9 Å². The molecule has 3 N–H and O–H groups in total. The average molecular weight is 589 g/mol. The van der Waals surface area contributed by atoms with Gasteiger partial charge in [0.1, 0.15) is 17.2 Å². The van der Waals surface area contributed by atoms with Crippen LogP contribution in [0.5, 0.6) is 5.75 Å². The third kappa shape index (κ3) is 6.73. The van der Waals surface area contributed by atoms with Crippen molar-refractivity contribution < 1.29 is 24.2 Å². The lowest BCUT2D eigenvalue weighted by Crippen LogP contribution is -2.39. The number of rotatable bonds is 8. The number of imidazole rings is 1. The van der Waals surface area contributed by atoms with Crippen LogP contribution < -0.4 is 20.3 Å². The van der Waals surface area contributed by atoms with E-state index in [4.69, 9.17) is 19.4 Å². The average Bonchev–Trinajstić information content (AvgIpc) is 3.49. The van der Waals surface area contributed by atoms with E-state index in [1.807, 2.05) is 28.9 Å². The maximum absolute atomic E-state index is 12.4. The monoisotopic (exact) mass is 588 g/mol. The number of aliphatic hydroxyl groups is 1. The fourth-order valence-corrected chi connectivity index (χ4v) is 4.77. The maximum Gasteiger partial charge on any atom is 0.407 e. The van der Waals surface area contributed by atoms with Crippen LogP contribution in [0.3, 0.4) is 0 Å². The summed E-state index contributed by atoms with van der Waals surface area (Å²) in [6, 6.07) is 5.57. The second-order valence-electron chi connectivity index (χ2n) is 10.1. The molecule has 2 aromatic heterocycles. The molecule has 1 unspecified atom stereocenters. The van der Waals surface area contributed by atoms with Crippen LogP contribution >= 0.6 is 15.9 Å². The van der Waals surface area contributed by atoms with Gasteiger partial charge in [-0.2, -0.15) is 4.98 Å². The molecule has 1 aliphatic rings. The normalized spacial score (nSPS) is 15.5. The number of aliphatic hydroxyl groups excluding tert-OH is 1. The lowest BCUT2D eigenvalue weighted by Gasteiger charge is -2.20. The molecule has 4 rings (SSSR count). The number of hydrogen-bond acceptors (Lipinski definition) is 8. The second kappa shape index (κ2) is 11.6. The topological polar surface area (TPSA) is 130 Å². The number of alkyl carbamates (subject to hydrolysis) is 1. The number of aromatic nitrogens is 3. The first kappa shape index (κ1) is 27.6. The number of fused-ring (bicyclic) bond motifs is 1. The zero-order valence-corrected chi connectivity index (χ0v) is 23.5. The second-order valence-corrected chi connectivity index (χ2v) is 11.0. The summed E-state index contributed by atoms with van der Waals surface area (Å²) in [5.74, 6) is 1.82. The summed E-state index contributed by atoms with van der Waals surface area (Å²) in [7, 11) is 1.58. The van der Waals surface area contributed by atoms with E-state index in [-0.39, 0.29) is 31.5 Å². The summed E-state index contributed by atoms with van der Waals surface area (Å²) < 4.78 is 13.1. The molecule has 0 spiro atoms. The number of nitrogens with one attached hydrogen (secondary N) is 2. The van der Waals surface area contributed by atoms with Crippen molar-refractivity contribution >= 4 is 39.5 Å². The first-order valence-corrected chi connectivity index (χ1v) is 13.2. The van der Waals surface area contributed by atoms with E-state index in [0.29, 0.717) is 29.3 Å². The van der Waals surface area contributed by atoms with Gasteiger partial charge in [0.25, 0.3) is 0 Å². The zero-order valence-electron chi connectivity index (χ0n) is 22.0. The molecule has 38 heavy (non-hydrogen) atoms. The predicted octanol–water partition coefficient (Wildman–Crippen LogP) is 3.27. The van der Waals surface area contributed by atoms with Crippen LogP contribution in [0.4, 0.5) is 10.6 Å². The van der Waals surface area contributed by atoms with Crippen molar-refractivity contribution in [2.75, 3.05) is 31.6 Å². The lowest BCUT2D eigenvalue weighted by molar-refractivity contribution is -0.121. The number of methoxy groups -OCH3 is 1. The van der Waals surface area contributed by atoms with E-state index in [2.05, 4.69) is 31.5 Å². The Hall–Kier alpha value is -3.38. The highest BCUT2D eigenvalue weighted by Gasteiger charge is 2.25. The number of hydrogen-bond donors (Lipinski definition) is 3. The van der Waals surface area contributed by atoms with Crippen LogP contribution in [0.2, 0.25) is 0 Å². The molecule has 0 saturated carbocycles. The Balaban J connectivity index is 1.36. The van der Waals surface area contributed by atoms with Crippen molar-refractivity contribution in [3.8, 4) is 17.0 Å². The molecule has 1 saturated heterocycles. The quantitative estimate of drug-likeness (QED) is 0.365. The summed E-state index contributed by atoms with van der Waals surface area (Å²) in [5, 5.41) is 15.5. The number of carbonyl (C=O) groups is 2. The number of benzene rings is 1. The van der Waals surface area contributed by atoms with Crippen molar-refractivity contribution in [3.63, 3.8) is 0 Å². The highest BCUT2D eigenvalue weighted by atomic mass is 79.9. The molecular formula is C26H33BrN6O5. The van der Waals surface area contributed by atoms with E-state index in [1.165, 1.54) is 0 Å². The van der Waals surface area contributed by atoms with Gasteiger partial charge < -0.3 is 30.1 Å². The third-order valence-electron chi connectivity index (χ3n) is 6.03. The molecular weight excluding hydrogens is 556 g/mol. The fraction of sp³-hybridized carbons (Fsp3) is 0.462. The van der Waals surface area contributed by atoms with Crippen molar-refractivity contribution in [1.29, 1.82) is 0 Å².